The summed E-state index contributed by atoms with van der Waals surface area (Å²) in [5.74, 6) is 0. The van der Waals surface area contributed by atoms with Crippen LogP contribution in [0, 0.1) is 0 Å². The second kappa shape index (κ2) is 15.4. The second-order valence-electron chi connectivity index (χ2n) is 18.0. The van der Waals surface area contributed by atoms with Crippen molar-refractivity contribution in [2.24, 2.45) is 0 Å². The number of fused-ring (bicyclic) bond motifs is 6. The molecule has 0 spiro atoms. The zero-order valence-electron chi connectivity index (χ0n) is 36.6. The minimum Gasteiger partial charge on any atom is -0.310 e. The van der Waals surface area contributed by atoms with E-state index in [1.165, 1.54) is 89.0 Å². The lowest BCUT2D eigenvalue weighted by Crippen LogP contribution is -2.29. The van der Waals surface area contributed by atoms with Gasteiger partial charge in [-0.2, -0.15) is 0 Å². The Morgan fingerprint density at radius 2 is 0.769 bits per heavy atom. The van der Waals surface area contributed by atoms with Gasteiger partial charge in [0.15, 0.2) is 0 Å². The minimum atomic E-state index is -0.619. The van der Waals surface area contributed by atoms with Crippen LogP contribution in [-0.2, 0) is 10.8 Å². The van der Waals surface area contributed by atoms with Crippen molar-refractivity contribution in [3.05, 3.63) is 282 Å². The Hall–Kier alpha value is -8.00. The van der Waals surface area contributed by atoms with Crippen LogP contribution in [0.25, 0.3) is 55.6 Å². The van der Waals surface area contributed by atoms with Gasteiger partial charge in [0.1, 0.15) is 0 Å². The average molecular weight is 830 g/mol. The third-order valence-corrected chi connectivity index (χ3v) is 14.2. The van der Waals surface area contributed by atoms with Crippen molar-refractivity contribution < 1.29 is 0 Å². The fraction of sp³-hybridized carbons (Fsp3) is 0.0625. The van der Waals surface area contributed by atoms with Gasteiger partial charge < -0.3 is 4.90 Å². The lowest BCUT2D eigenvalue weighted by atomic mass is 9.67. The Labute approximate surface area is 382 Å². The van der Waals surface area contributed by atoms with Crippen molar-refractivity contribution in [1.29, 1.82) is 0 Å². The summed E-state index contributed by atoms with van der Waals surface area (Å²) in [5.41, 5.74) is 22.6. The molecule has 1 heteroatoms. The maximum absolute atomic E-state index is 2.55. The molecule has 0 aromatic heterocycles. The lowest BCUT2D eigenvalue weighted by Gasteiger charge is -2.36. The smallest absolute Gasteiger partial charge is 0.0714 e. The van der Waals surface area contributed by atoms with Crippen molar-refractivity contribution in [3.63, 3.8) is 0 Å². The van der Waals surface area contributed by atoms with Crippen LogP contribution < -0.4 is 4.90 Å². The summed E-state index contributed by atoms with van der Waals surface area (Å²) < 4.78 is 0. The van der Waals surface area contributed by atoms with Gasteiger partial charge >= 0.3 is 0 Å². The fourth-order valence-corrected chi connectivity index (χ4v) is 11.2. The number of hydrogen-bond acceptors (Lipinski definition) is 1. The molecule has 0 aliphatic heterocycles. The van der Waals surface area contributed by atoms with Crippen molar-refractivity contribution in [1.82, 2.24) is 0 Å². The first-order valence-electron chi connectivity index (χ1n) is 22.8. The quantitative estimate of drug-likeness (QED) is 0.147. The van der Waals surface area contributed by atoms with E-state index in [0.717, 1.165) is 17.1 Å². The minimum absolute atomic E-state index is 0.170. The van der Waals surface area contributed by atoms with Crippen LogP contribution >= 0.6 is 0 Å². The molecule has 0 N–H and O–H groups in total. The third-order valence-electron chi connectivity index (χ3n) is 14.2. The average Bonchev–Trinajstić information content (AvgIpc) is 3.80. The van der Waals surface area contributed by atoms with Crippen LogP contribution in [0.3, 0.4) is 0 Å². The van der Waals surface area contributed by atoms with E-state index >= 15 is 0 Å². The Kier molecular flexibility index (Phi) is 9.14. The highest BCUT2D eigenvalue weighted by Gasteiger charge is 2.48. The number of anilines is 3. The van der Waals surface area contributed by atoms with E-state index in [2.05, 4.69) is 267 Å². The number of benzene rings is 10. The molecule has 0 saturated heterocycles. The molecule has 0 amide bonds. The third kappa shape index (κ3) is 6.07. The highest BCUT2D eigenvalue weighted by atomic mass is 15.1. The highest BCUT2D eigenvalue weighted by molar-refractivity contribution is 6.01. The second-order valence-corrected chi connectivity index (χ2v) is 18.0. The Morgan fingerprint density at radius 1 is 0.292 bits per heavy atom. The van der Waals surface area contributed by atoms with E-state index in [4.69, 9.17) is 0 Å². The van der Waals surface area contributed by atoms with E-state index in [0.29, 0.717) is 0 Å². The molecule has 2 aliphatic carbocycles. The molecule has 10 aromatic carbocycles. The fourth-order valence-electron chi connectivity index (χ4n) is 11.2. The highest BCUT2D eigenvalue weighted by Crippen LogP contribution is 2.61. The molecule has 308 valence electrons. The predicted octanol–water partition coefficient (Wildman–Crippen LogP) is 16.8. The summed E-state index contributed by atoms with van der Waals surface area (Å²) in [6.07, 6.45) is 0. The molecule has 1 nitrogen and oxygen atoms in total. The first-order chi connectivity index (χ1) is 32.0. The van der Waals surface area contributed by atoms with E-state index in [1.807, 2.05) is 0 Å². The summed E-state index contributed by atoms with van der Waals surface area (Å²) in [6.45, 7) is 4.75. The molecule has 10 aromatic rings. The molecule has 0 radical (unpaired) electrons. The molecule has 0 bridgehead atoms. The van der Waals surface area contributed by atoms with E-state index < -0.39 is 5.41 Å². The van der Waals surface area contributed by atoms with Gasteiger partial charge in [-0.3, -0.25) is 0 Å². The number of hydrogen-bond donors (Lipinski definition) is 0. The Morgan fingerprint density at radius 3 is 1.40 bits per heavy atom. The van der Waals surface area contributed by atoms with E-state index in [1.54, 1.807) is 0 Å². The van der Waals surface area contributed by atoms with Crippen molar-refractivity contribution in [3.8, 4) is 55.6 Å². The lowest BCUT2D eigenvalue weighted by molar-refractivity contribution is 0.660. The monoisotopic (exact) mass is 829 g/mol. The maximum Gasteiger partial charge on any atom is 0.0714 e. The van der Waals surface area contributed by atoms with Gasteiger partial charge in [-0.25, -0.2) is 0 Å². The van der Waals surface area contributed by atoms with Gasteiger partial charge in [0.2, 0.25) is 0 Å². The van der Waals surface area contributed by atoms with Crippen LogP contribution in [0.15, 0.2) is 249 Å². The molecule has 0 atom stereocenters. The summed E-state index contributed by atoms with van der Waals surface area (Å²) in [4.78, 5) is 2.53. The van der Waals surface area contributed by atoms with Crippen molar-refractivity contribution in [2.75, 3.05) is 4.90 Å². The SMILES string of the molecule is CC1(C)c2ccccc2-c2ccc(N(c3ccc(-c4ccccc4)cc3)c3cc4c(cc3-c3ccccc3)-c3c(-c5ccccc5)cccc3C4(c3ccccc3)c3ccccc3)cc21. The first-order valence-corrected chi connectivity index (χ1v) is 22.8. The largest absolute Gasteiger partial charge is 0.310 e. The molecule has 0 heterocycles. The van der Waals surface area contributed by atoms with Gasteiger partial charge in [0.05, 0.1) is 11.1 Å². The summed E-state index contributed by atoms with van der Waals surface area (Å²) >= 11 is 0. The van der Waals surface area contributed by atoms with Crippen LogP contribution in [-0.4, -0.2) is 0 Å². The summed E-state index contributed by atoms with van der Waals surface area (Å²) in [7, 11) is 0. The number of rotatable bonds is 8. The summed E-state index contributed by atoms with van der Waals surface area (Å²) in [5, 5.41) is 0. The van der Waals surface area contributed by atoms with Crippen LogP contribution in [0.1, 0.15) is 47.2 Å². The van der Waals surface area contributed by atoms with Crippen LogP contribution in [0.5, 0.6) is 0 Å². The molecule has 65 heavy (non-hydrogen) atoms. The zero-order valence-corrected chi connectivity index (χ0v) is 36.6. The normalized spacial score (nSPS) is 13.6. The molecule has 12 rings (SSSR count). The molecule has 0 unspecified atom stereocenters. The standard InChI is InChI=1S/C64H47N/c1-63(2)57-33-19-18-31-53(57)54-40-39-51(41-59(54)63)65(50-37-35-45(36-38-50)44-21-8-3-9-22-44)61-43-60-56(42-55(61)47-25-12-5-13-26-47)62-52(46-23-10-4-11-24-46)32-20-34-58(62)64(60,48-27-14-6-15-28-48)49-29-16-7-17-30-49/h3-43H,1-2H3. The predicted molar refractivity (Wildman–Crippen MR) is 272 cm³/mol. The molecule has 0 fully saturated rings. The van der Waals surface area contributed by atoms with Crippen LogP contribution in [0.2, 0.25) is 0 Å². The van der Waals surface area contributed by atoms with Gasteiger partial charge in [-0.15, -0.1) is 0 Å². The molecular formula is C64H47N. The maximum atomic E-state index is 2.55. The van der Waals surface area contributed by atoms with Gasteiger partial charge in [-0.1, -0.05) is 226 Å². The van der Waals surface area contributed by atoms with Crippen molar-refractivity contribution in [2.45, 2.75) is 24.7 Å². The zero-order chi connectivity index (χ0) is 43.5. The first kappa shape index (κ1) is 38.7. The number of nitrogens with zero attached hydrogens (tertiary/aromatic N) is 1. The topological polar surface area (TPSA) is 3.24 Å². The Bertz CT molecular complexity index is 3310. The molecular weight excluding hydrogens is 783 g/mol. The molecule has 2 aliphatic rings. The van der Waals surface area contributed by atoms with Gasteiger partial charge in [-0.05, 0) is 120 Å². The van der Waals surface area contributed by atoms with Crippen LogP contribution in [0.4, 0.5) is 17.1 Å². The van der Waals surface area contributed by atoms with E-state index in [9.17, 15) is 0 Å². The van der Waals surface area contributed by atoms with Gasteiger partial charge in [0, 0.05) is 22.4 Å². The molecule has 0 saturated carbocycles. The van der Waals surface area contributed by atoms with Crippen molar-refractivity contribution >= 4 is 17.1 Å². The Balaban J connectivity index is 1.20. The van der Waals surface area contributed by atoms with Gasteiger partial charge in [0.25, 0.3) is 0 Å². The summed E-state index contributed by atoms with van der Waals surface area (Å²) in [6, 6.07) is 92.2. The van der Waals surface area contributed by atoms with E-state index in [-0.39, 0.29) is 5.41 Å².